The number of nitrogens with zero attached hydrogens (tertiary/aromatic N) is 3. The molecule has 0 radical (unpaired) electrons. The summed E-state index contributed by atoms with van der Waals surface area (Å²) < 4.78 is 13.2. The van der Waals surface area contributed by atoms with Crippen LogP contribution >= 0.6 is 0 Å². The second kappa shape index (κ2) is 7.38. The molecule has 1 fully saturated rings. The Bertz CT molecular complexity index is 727. The summed E-state index contributed by atoms with van der Waals surface area (Å²) in [4.78, 5) is 23.4. The highest BCUT2D eigenvalue weighted by atomic mass is 19.1. The Kier molecular flexibility index (Phi) is 5.03. The summed E-state index contributed by atoms with van der Waals surface area (Å²) in [6, 6.07) is 7.53. The van der Waals surface area contributed by atoms with E-state index in [1.54, 1.807) is 25.1 Å². The maximum absolute atomic E-state index is 13.2. The van der Waals surface area contributed by atoms with Gasteiger partial charge in [-0.1, -0.05) is 18.9 Å². The molecule has 0 saturated carbocycles. The smallest absolute Gasteiger partial charge is 0.274 e. The minimum Gasteiger partial charge on any atom is -0.356 e. The van der Waals surface area contributed by atoms with Crippen LogP contribution in [0.15, 0.2) is 30.3 Å². The van der Waals surface area contributed by atoms with Crippen molar-refractivity contribution in [2.45, 2.75) is 32.6 Å². The van der Waals surface area contributed by atoms with Crippen LogP contribution in [-0.2, 0) is 0 Å². The lowest BCUT2D eigenvalue weighted by Gasteiger charge is -2.22. The maximum Gasteiger partial charge on any atom is 0.274 e. The van der Waals surface area contributed by atoms with Crippen molar-refractivity contribution in [2.24, 2.45) is 0 Å². The average Bonchev–Trinajstić information content (AvgIpc) is 2.83. The SMILES string of the molecule is Cc1nc(C(=O)Nc2cccc(F)c2)cc(N2CCCCCC2)n1. The predicted octanol–water partition coefficient (Wildman–Crippen LogP) is 3.56. The van der Waals surface area contributed by atoms with Gasteiger partial charge in [-0.25, -0.2) is 14.4 Å². The first kappa shape index (κ1) is 16.4. The van der Waals surface area contributed by atoms with E-state index in [0.717, 1.165) is 31.7 Å². The first-order chi connectivity index (χ1) is 11.6. The Balaban J connectivity index is 1.81. The molecule has 0 unspecified atom stereocenters. The summed E-state index contributed by atoms with van der Waals surface area (Å²) in [7, 11) is 0. The fraction of sp³-hybridized carbons (Fsp3) is 0.389. The first-order valence-corrected chi connectivity index (χ1v) is 8.29. The molecule has 0 atom stereocenters. The summed E-state index contributed by atoms with van der Waals surface area (Å²) in [5, 5.41) is 2.68. The van der Waals surface area contributed by atoms with E-state index in [-0.39, 0.29) is 5.91 Å². The highest BCUT2D eigenvalue weighted by Crippen LogP contribution is 2.19. The molecular weight excluding hydrogens is 307 g/mol. The minimum atomic E-state index is -0.392. The summed E-state index contributed by atoms with van der Waals surface area (Å²) in [6.07, 6.45) is 4.72. The van der Waals surface area contributed by atoms with Crippen LogP contribution in [0.5, 0.6) is 0 Å². The average molecular weight is 328 g/mol. The molecule has 0 bridgehead atoms. The van der Waals surface area contributed by atoms with Gasteiger partial charge in [-0.15, -0.1) is 0 Å². The Hall–Kier alpha value is -2.50. The van der Waals surface area contributed by atoms with E-state index in [1.165, 1.54) is 25.0 Å². The van der Waals surface area contributed by atoms with Crippen molar-refractivity contribution in [1.82, 2.24) is 9.97 Å². The van der Waals surface area contributed by atoms with Crippen molar-refractivity contribution >= 4 is 17.4 Å². The number of aryl methyl sites for hydroxylation is 1. The van der Waals surface area contributed by atoms with Gasteiger partial charge in [0.1, 0.15) is 23.2 Å². The largest absolute Gasteiger partial charge is 0.356 e. The molecule has 5 nitrogen and oxygen atoms in total. The number of carbonyl (C=O) groups excluding carboxylic acids is 1. The number of aromatic nitrogens is 2. The standard InChI is InChI=1S/C18H21FN4O/c1-13-20-16(18(24)22-15-8-6-7-14(19)11-15)12-17(21-13)23-9-4-2-3-5-10-23/h6-8,11-12H,2-5,9-10H2,1H3,(H,22,24). The van der Waals surface area contributed by atoms with Crippen LogP contribution in [-0.4, -0.2) is 29.0 Å². The Morgan fingerprint density at radius 1 is 1.12 bits per heavy atom. The number of rotatable bonds is 3. The summed E-state index contributed by atoms with van der Waals surface area (Å²) >= 11 is 0. The highest BCUT2D eigenvalue weighted by Gasteiger charge is 2.16. The van der Waals surface area contributed by atoms with Crippen LogP contribution in [0, 0.1) is 12.7 Å². The maximum atomic E-state index is 13.2. The van der Waals surface area contributed by atoms with Crippen LogP contribution in [0.25, 0.3) is 0 Å². The molecule has 1 aliphatic heterocycles. The van der Waals surface area contributed by atoms with Crippen LogP contribution in [0.3, 0.4) is 0 Å². The molecule has 1 aromatic heterocycles. The Labute approximate surface area is 140 Å². The molecule has 2 heterocycles. The minimum absolute atomic E-state index is 0.297. The van der Waals surface area contributed by atoms with Gasteiger partial charge in [0.25, 0.3) is 5.91 Å². The van der Waals surface area contributed by atoms with Crippen molar-refractivity contribution in [1.29, 1.82) is 0 Å². The van der Waals surface area contributed by atoms with Gasteiger partial charge < -0.3 is 10.2 Å². The van der Waals surface area contributed by atoms with Gasteiger partial charge in [0.05, 0.1) is 0 Å². The number of halogens is 1. The third-order valence-electron chi connectivity index (χ3n) is 4.07. The molecule has 1 aliphatic rings. The van der Waals surface area contributed by atoms with E-state index < -0.39 is 5.82 Å². The third-order valence-corrected chi connectivity index (χ3v) is 4.07. The van der Waals surface area contributed by atoms with Crippen molar-refractivity contribution in [3.8, 4) is 0 Å². The molecule has 2 aromatic rings. The van der Waals surface area contributed by atoms with Crippen molar-refractivity contribution in [3.63, 3.8) is 0 Å². The second-order valence-corrected chi connectivity index (χ2v) is 6.02. The zero-order valence-electron chi connectivity index (χ0n) is 13.8. The van der Waals surface area contributed by atoms with E-state index in [9.17, 15) is 9.18 Å². The molecule has 3 rings (SSSR count). The number of nitrogens with one attached hydrogen (secondary N) is 1. The van der Waals surface area contributed by atoms with E-state index in [1.807, 2.05) is 0 Å². The lowest BCUT2D eigenvalue weighted by molar-refractivity contribution is 0.102. The zero-order valence-corrected chi connectivity index (χ0v) is 13.8. The topological polar surface area (TPSA) is 58.1 Å². The molecule has 0 spiro atoms. The third kappa shape index (κ3) is 4.07. The van der Waals surface area contributed by atoms with E-state index in [2.05, 4.69) is 20.2 Å². The predicted molar refractivity (Wildman–Crippen MR) is 91.8 cm³/mol. The quantitative estimate of drug-likeness (QED) is 0.936. The number of carbonyl (C=O) groups is 1. The van der Waals surface area contributed by atoms with Crippen LogP contribution in [0.1, 0.15) is 42.0 Å². The molecule has 24 heavy (non-hydrogen) atoms. The molecule has 126 valence electrons. The monoisotopic (exact) mass is 328 g/mol. The van der Waals surface area contributed by atoms with Crippen molar-refractivity contribution in [3.05, 3.63) is 47.7 Å². The lowest BCUT2D eigenvalue weighted by atomic mass is 10.2. The molecule has 0 aliphatic carbocycles. The van der Waals surface area contributed by atoms with Gasteiger partial charge >= 0.3 is 0 Å². The van der Waals surface area contributed by atoms with Crippen LogP contribution < -0.4 is 10.2 Å². The normalized spacial score (nSPS) is 15.0. The highest BCUT2D eigenvalue weighted by molar-refractivity contribution is 6.03. The molecular formula is C18H21FN4O. The molecule has 1 N–H and O–H groups in total. The molecule has 1 amide bonds. The van der Waals surface area contributed by atoms with E-state index in [4.69, 9.17) is 0 Å². The Morgan fingerprint density at radius 3 is 2.58 bits per heavy atom. The number of benzene rings is 1. The van der Waals surface area contributed by atoms with Crippen LogP contribution in [0.2, 0.25) is 0 Å². The first-order valence-electron chi connectivity index (χ1n) is 8.29. The van der Waals surface area contributed by atoms with E-state index in [0.29, 0.717) is 17.2 Å². The van der Waals surface area contributed by atoms with Gasteiger partial charge in [-0.05, 0) is 38.0 Å². The van der Waals surface area contributed by atoms with Crippen molar-refractivity contribution < 1.29 is 9.18 Å². The number of amides is 1. The molecule has 1 aromatic carbocycles. The van der Waals surface area contributed by atoms with Gasteiger partial charge in [0, 0.05) is 24.8 Å². The van der Waals surface area contributed by atoms with Gasteiger partial charge in [0.15, 0.2) is 0 Å². The van der Waals surface area contributed by atoms with E-state index >= 15 is 0 Å². The second-order valence-electron chi connectivity index (χ2n) is 6.02. The number of anilines is 2. The lowest BCUT2D eigenvalue weighted by Crippen LogP contribution is -2.26. The zero-order chi connectivity index (χ0) is 16.9. The Morgan fingerprint density at radius 2 is 1.88 bits per heavy atom. The van der Waals surface area contributed by atoms with Gasteiger partial charge in [-0.2, -0.15) is 0 Å². The summed E-state index contributed by atoms with van der Waals surface area (Å²) in [6.45, 7) is 3.67. The number of hydrogen-bond acceptors (Lipinski definition) is 4. The summed E-state index contributed by atoms with van der Waals surface area (Å²) in [5.74, 6) is 0.592. The molecule has 1 saturated heterocycles. The fourth-order valence-corrected chi connectivity index (χ4v) is 2.89. The van der Waals surface area contributed by atoms with Crippen LogP contribution in [0.4, 0.5) is 15.9 Å². The molecule has 6 heteroatoms. The number of hydrogen-bond donors (Lipinski definition) is 1. The fourth-order valence-electron chi connectivity index (χ4n) is 2.89. The van der Waals surface area contributed by atoms with Gasteiger partial charge in [0.2, 0.25) is 0 Å². The van der Waals surface area contributed by atoms with Gasteiger partial charge in [-0.3, -0.25) is 4.79 Å². The summed E-state index contributed by atoms with van der Waals surface area (Å²) in [5.41, 5.74) is 0.707. The van der Waals surface area contributed by atoms with Crippen molar-refractivity contribution in [2.75, 3.05) is 23.3 Å².